The number of hydrogen-bond acceptors (Lipinski definition) is 5. The van der Waals surface area contributed by atoms with Crippen molar-refractivity contribution in [3.63, 3.8) is 0 Å². The van der Waals surface area contributed by atoms with Crippen LogP contribution in [0.25, 0.3) is 0 Å². The summed E-state index contributed by atoms with van der Waals surface area (Å²) in [5.41, 5.74) is 0. The monoisotopic (exact) mass is 147 g/mol. The molecule has 1 heterocycles. The van der Waals surface area contributed by atoms with E-state index in [2.05, 4.69) is 19.8 Å². The Kier molecular flexibility index (Phi) is 1.64. The minimum Gasteiger partial charge on any atom is -0.410 e. The second-order valence-corrected chi connectivity index (χ2v) is 1.50. The van der Waals surface area contributed by atoms with Crippen LogP contribution in [0.4, 0.5) is 0 Å². The number of halogens is 1. The Hall–Kier alpha value is -1.10. The number of hydrogen-bond donors (Lipinski definition) is 1. The van der Waals surface area contributed by atoms with Gasteiger partial charge in [0.05, 0.1) is 0 Å². The van der Waals surface area contributed by atoms with E-state index < -0.39 is 0 Å². The van der Waals surface area contributed by atoms with Gasteiger partial charge in [-0.25, -0.2) is 0 Å². The molecule has 0 aliphatic carbocycles. The number of oxime groups is 1. The number of rotatable bonds is 1. The van der Waals surface area contributed by atoms with E-state index in [0.29, 0.717) is 0 Å². The van der Waals surface area contributed by atoms with E-state index in [1.54, 1.807) is 0 Å². The molecule has 1 aromatic rings. The van der Waals surface area contributed by atoms with Crippen LogP contribution in [-0.2, 0) is 0 Å². The summed E-state index contributed by atoms with van der Waals surface area (Å²) in [6, 6.07) is 0. The largest absolute Gasteiger partial charge is 0.410 e. The number of aromatic nitrogens is 2. The summed E-state index contributed by atoms with van der Waals surface area (Å²) >= 11 is 5.25. The Morgan fingerprint density at radius 1 is 1.89 bits per heavy atom. The molecule has 9 heavy (non-hydrogen) atoms. The van der Waals surface area contributed by atoms with Crippen molar-refractivity contribution in [3.8, 4) is 0 Å². The molecule has 0 spiro atoms. The van der Waals surface area contributed by atoms with Gasteiger partial charge in [0, 0.05) is 0 Å². The third kappa shape index (κ3) is 1.17. The second kappa shape index (κ2) is 2.45. The minimum absolute atomic E-state index is 0.0687. The summed E-state index contributed by atoms with van der Waals surface area (Å²) in [6.45, 7) is 0. The van der Waals surface area contributed by atoms with Crippen LogP contribution in [0.15, 0.2) is 16.1 Å². The zero-order valence-electron chi connectivity index (χ0n) is 4.15. The molecule has 0 aliphatic heterocycles. The smallest absolute Gasteiger partial charge is 0.236 e. The third-order valence-corrected chi connectivity index (χ3v) is 0.878. The summed E-state index contributed by atoms with van der Waals surface area (Å²) in [7, 11) is 0. The molecule has 0 fully saturated rings. The summed E-state index contributed by atoms with van der Waals surface area (Å²) in [5, 5.41) is 13.8. The SMILES string of the molecule is O/N=C(/Cl)c1ncon1. The van der Waals surface area contributed by atoms with Gasteiger partial charge >= 0.3 is 0 Å². The van der Waals surface area contributed by atoms with Crippen molar-refractivity contribution in [1.29, 1.82) is 0 Å². The third-order valence-electron chi connectivity index (χ3n) is 0.634. The van der Waals surface area contributed by atoms with E-state index in [1.165, 1.54) is 0 Å². The first-order valence-electron chi connectivity index (χ1n) is 1.99. The second-order valence-electron chi connectivity index (χ2n) is 1.15. The van der Waals surface area contributed by atoms with Gasteiger partial charge in [0.25, 0.3) is 0 Å². The average Bonchev–Trinajstić information content (AvgIpc) is 2.37. The molecule has 1 rings (SSSR count). The van der Waals surface area contributed by atoms with Gasteiger partial charge in [0.1, 0.15) is 0 Å². The fourth-order valence-electron chi connectivity index (χ4n) is 0.306. The molecule has 1 N–H and O–H groups in total. The fraction of sp³-hybridized carbons (Fsp3) is 0. The van der Waals surface area contributed by atoms with Crippen LogP contribution in [0.5, 0.6) is 0 Å². The summed E-state index contributed by atoms with van der Waals surface area (Å²) in [4.78, 5) is 3.49. The zero-order valence-corrected chi connectivity index (χ0v) is 4.91. The van der Waals surface area contributed by atoms with Gasteiger partial charge in [-0.2, -0.15) is 4.98 Å². The predicted molar refractivity (Wildman–Crippen MR) is 28.5 cm³/mol. The van der Waals surface area contributed by atoms with Crippen molar-refractivity contribution in [2.24, 2.45) is 5.16 Å². The molecule has 0 atom stereocenters. The zero-order chi connectivity index (χ0) is 6.69. The maximum atomic E-state index is 8.04. The van der Waals surface area contributed by atoms with Gasteiger partial charge in [-0.3, -0.25) is 0 Å². The van der Waals surface area contributed by atoms with Gasteiger partial charge in [-0.05, 0) is 0 Å². The van der Waals surface area contributed by atoms with Gasteiger partial charge in [-0.15, -0.1) is 0 Å². The van der Waals surface area contributed by atoms with Crippen LogP contribution in [0.1, 0.15) is 5.82 Å². The predicted octanol–water partition coefficient (Wildman–Crippen LogP) is 0.444. The van der Waals surface area contributed by atoms with Crippen LogP contribution in [-0.4, -0.2) is 20.5 Å². The van der Waals surface area contributed by atoms with Crippen molar-refractivity contribution < 1.29 is 9.73 Å². The van der Waals surface area contributed by atoms with Crippen LogP contribution in [0, 0.1) is 0 Å². The van der Waals surface area contributed by atoms with E-state index in [-0.39, 0.29) is 11.0 Å². The van der Waals surface area contributed by atoms with Crippen LogP contribution in [0.2, 0.25) is 0 Å². The molecule has 0 amide bonds. The lowest BCUT2D eigenvalue weighted by atomic mass is 10.7. The summed E-state index contributed by atoms with van der Waals surface area (Å²) in [5.74, 6) is 0.0687. The standard InChI is InChI=1S/C3H2ClN3O2/c4-2(6-8)3-5-1-9-7-3/h1,8H/b6-2+. The van der Waals surface area contributed by atoms with E-state index in [4.69, 9.17) is 16.8 Å². The molecule has 5 nitrogen and oxygen atoms in total. The van der Waals surface area contributed by atoms with Crippen LogP contribution < -0.4 is 0 Å². The first kappa shape index (κ1) is 6.03. The fourth-order valence-corrected chi connectivity index (χ4v) is 0.390. The maximum Gasteiger partial charge on any atom is 0.236 e. The molecular formula is C3H2ClN3O2. The lowest BCUT2D eigenvalue weighted by Gasteiger charge is -1.79. The van der Waals surface area contributed by atoms with E-state index >= 15 is 0 Å². The van der Waals surface area contributed by atoms with Crippen molar-refractivity contribution in [1.82, 2.24) is 10.1 Å². The topological polar surface area (TPSA) is 71.5 Å². The molecule has 1 aromatic heterocycles. The van der Waals surface area contributed by atoms with Crippen molar-refractivity contribution in [2.75, 3.05) is 0 Å². The average molecular weight is 148 g/mol. The Labute approximate surface area is 54.9 Å². The molecule has 0 bridgehead atoms. The highest BCUT2D eigenvalue weighted by atomic mass is 35.5. The van der Waals surface area contributed by atoms with Gasteiger partial charge in [-0.1, -0.05) is 21.9 Å². The van der Waals surface area contributed by atoms with E-state index in [9.17, 15) is 0 Å². The lowest BCUT2D eigenvalue weighted by molar-refractivity contribution is 0.320. The Morgan fingerprint density at radius 2 is 2.67 bits per heavy atom. The first-order valence-corrected chi connectivity index (χ1v) is 2.36. The van der Waals surface area contributed by atoms with E-state index in [1.807, 2.05) is 0 Å². The van der Waals surface area contributed by atoms with Crippen LogP contribution in [0.3, 0.4) is 0 Å². The molecule has 0 unspecified atom stereocenters. The molecule has 6 heteroatoms. The highest BCUT2D eigenvalue weighted by Gasteiger charge is 2.03. The highest BCUT2D eigenvalue weighted by molar-refractivity contribution is 6.68. The molecule has 0 saturated heterocycles. The van der Waals surface area contributed by atoms with Crippen LogP contribution >= 0.6 is 11.6 Å². The number of nitrogens with zero attached hydrogens (tertiary/aromatic N) is 3. The molecule has 0 saturated carbocycles. The van der Waals surface area contributed by atoms with Crippen molar-refractivity contribution >= 4 is 16.8 Å². The van der Waals surface area contributed by atoms with Crippen molar-refractivity contribution in [3.05, 3.63) is 12.2 Å². The normalized spacial score (nSPS) is 11.9. The van der Waals surface area contributed by atoms with Gasteiger partial charge in [0.2, 0.25) is 17.4 Å². The Balaban J connectivity index is 2.90. The summed E-state index contributed by atoms with van der Waals surface area (Å²) in [6.07, 6.45) is 1.09. The first-order chi connectivity index (χ1) is 4.34. The van der Waals surface area contributed by atoms with Gasteiger partial charge < -0.3 is 9.73 Å². The molecular weight excluding hydrogens is 146 g/mol. The minimum atomic E-state index is -0.191. The van der Waals surface area contributed by atoms with E-state index in [0.717, 1.165) is 6.39 Å². The molecule has 0 aromatic carbocycles. The summed E-state index contributed by atoms with van der Waals surface area (Å²) < 4.78 is 4.30. The lowest BCUT2D eigenvalue weighted by Crippen LogP contribution is -1.92. The Morgan fingerprint density at radius 3 is 3.11 bits per heavy atom. The van der Waals surface area contributed by atoms with Gasteiger partial charge in [0.15, 0.2) is 0 Å². The van der Waals surface area contributed by atoms with Crippen molar-refractivity contribution in [2.45, 2.75) is 0 Å². The maximum absolute atomic E-state index is 8.04. The quantitative estimate of drug-likeness (QED) is 0.356. The molecule has 0 aliphatic rings. The molecule has 48 valence electrons. The molecule has 0 radical (unpaired) electrons. The Bertz CT molecular complexity index is 207. The highest BCUT2D eigenvalue weighted by Crippen LogP contribution is 1.95.